The Labute approximate surface area is 161 Å². The van der Waals surface area contributed by atoms with Crippen LogP contribution in [0.2, 0.25) is 0 Å². The highest BCUT2D eigenvalue weighted by molar-refractivity contribution is 6.27. The van der Waals surface area contributed by atoms with Crippen LogP contribution in [-0.4, -0.2) is 17.7 Å². The van der Waals surface area contributed by atoms with E-state index in [2.05, 4.69) is 10.6 Å². The van der Waals surface area contributed by atoms with Gasteiger partial charge < -0.3 is 15.4 Å². The molecule has 3 rings (SSSR count). The van der Waals surface area contributed by atoms with Crippen molar-refractivity contribution in [3.8, 4) is 0 Å². The Morgan fingerprint density at radius 2 is 1.70 bits per heavy atom. The molecule has 0 spiro atoms. The number of carbonyl (C=O) groups is 2. The fraction of sp³-hybridized carbons (Fsp3) is 0.300. The molecule has 0 aromatic heterocycles. The van der Waals surface area contributed by atoms with Crippen molar-refractivity contribution in [1.29, 1.82) is 0 Å². The van der Waals surface area contributed by atoms with E-state index in [4.69, 9.17) is 16.3 Å². The van der Waals surface area contributed by atoms with E-state index in [-0.39, 0.29) is 37.2 Å². The number of benzene rings is 2. The molecule has 0 bridgehead atoms. The van der Waals surface area contributed by atoms with Crippen LogP contribution in [0.5, 0.6) is 0 Å². The fourth-order valence-corrected chi connectivity index (χ4v) is 2.96. The Morgan fingerprint density at radius 3 is 2.48 bits per heavy atom. The monoisotopic (exact) mass is 390 g/mol. The topological polar surface area (TPSA) is 67.4 Å². The average Bonchev–Trinajstić information content (AvgIpc) is 3.13. The van der Waals surface area contributed by atoms with Gasteiger partial charge in [-0.2, -0.15) is 0 Å². The van der Waals surface area contributed by atoms with Crippen LogP contribution in [0.1, 0.15) is 27.8 Å². The van der Waals surface area contributed by atoms with Crippen LogP contribution in [-0.2, 0) is 47.1 Å². The van der Waals surface area contributed by atoms with Crippen molar-refractivity contribution < 1.29 is 18.7 Å². The summed E-state index contributed by atoms with van der Waals surface area (Å²) in [5, 5.41) is 5.31. The molecule has 0 saturated carbocycles. The molecule has 0 atom stereocenters. The molecule has 2 aromatic rings. The Bertz CT molecular complexity index is 857. The smallest absolute Gasteiger partial charge is 0.235 e. The van der Waals surface area contributed by atoms with E-state index in [1.54, 1.807) is 12.1 Å². The van der Waals surface area contributed by atoms with Gasteiger partial charge >= 0.3 is 0 Å². The second kappa shape index (κ2) is 8.97. The second-order valence-corrected chi connectivity index (χ2v) is 6.65. The lowest BCUT2D eigenvalue weighted by molar-refractivity contribution is -0.120. The van der Waals surface area contributed by atoms with Crippen molar-refractivity contribution in [2.45, 2.75) is 32.7 Å². The summed E-state index contributed by atoms with van der Waals surface area (Å²) in [4.78, 5) is 23.3. The largest absolute Gasteiger partial charge is 0.372 e. The second-order valence-electron chi connectivity index (χ2n) is 6.39. The standard InChI is InChI=1S/C20H20ClFN2O3/c21-8-20(26)23-9-14-2-3-15(18(22)6-14)10-24-19(25)7-13-1-4-16-11-27-12-17(16)5-13/h1-6H,7-12H2,(H,23,26)(H,24,25). The van der Waals surface area contributed by atoms with Crippen LogP contribution >= 0.6 is 11.6 Å². The van der Waals surface area contributed by atoms with E-state index in [9.17, 15) is 14.0 Å². The zero-order chi connectivity index (χ0) is 19.2. The Kier molecular flexibility index (Phi) is 6.42. The molecule has 1 aliphatic heterocycles. The number of carbonyl (C=O) groups excluding carboxylic acids is 2. The normalized spacial score (nSPS) is 12.5. The lowest BCUT2D eigenvalue weighted by atomic mass is 10.0. The molecule has 27 heavy (non-hydrogen) atoms. The van der Waals surface area contributed by atoms with Gasteiger partial charge in [-0.25, -0.2) is 4.39 Å². The Morgan fingerprint density at radius 1 is 0.963 bits per heavy atom. The van der Waals surface area contributed by atoms with Crippen molar-refractivity contribution in [1.82, 2.24) is 10.6 Å². The molecule has 2 N–H and O–H groups in total. The maximum absolute atomic E-state index is 14.2. The molecule has 0 radical (unpaired) electrons. The van der Waals surface area contributed by atoms with Crippen molar-refractivity contribution in [2.75, 3.05) is 5.88 Å². The summed E-state index contributed by atoms with van der Waals surface area (Å²) in [6.07, 6.45) is 0.234. The van der Waals surface area contributed by atoms with Crippen LogP contribution in [0.4, 0.5) is 4.39 Å². The van der Waals surface area contributed by atoms with Crippen LogP contribution in [0.25, 0.3) is 0 Å². The van der Waals surface area contributed by atoms with Gasteiger partial charge in [0, 0.05) is 18.7 Å². The van der Waals surface area contributed by atoms with Gasteiger partial charge in [0.15, 0.2) is 0 Å². The predicted octanol–water partition coefficient (Wildman–Crippen LogP) is 2.57. The van der Waals surface area contributed by atoms with Crippen LogP contribution in [0, 0.1) is 5.82 Å². The molecule has 5 nitrogen and oxygen atoms in total. The maximum atomic E-state index is 14.2. The van der Waals surface area contributed by atoms with E-state index in [1.165, 1.54) is 6.07 Å². The van der Waals surface area contributed by atoms with Crippen LogP contribution in [0.3, 0.4) is 0 Å². The first-order valence-electron chi connectivity index (χ1n) is 8.60. The summed E-state index contributed by atoms with van der Waals surface area (Å²) in [7, 11) is 0. The third-order valence-corrected chi connectivity index (χ3v) is 4.60. The van der Waals surface area contributed by atoms with E-state index in [0.29, 0.717) is 24.3 Å². The summed E-state index contributed by atoms with van der Waals surface area (Å²) < 4.78 is 19.5. The first kappa shape index (κ1) is 19.3. The first-order chi connectivity index (χ1) is 13.0. The zero-order valence-corrected chi connectivity index (χ0v) is 15.4. The highest BCUT2D eigenvalue weighted by atomic mass is 35.5. The molecular formula is C20H20ClFN2O3. The fourth-order valence-electron chi connectivity index (χ4n) is 2.87. The molecule has 7 heteroatoms. The molecule has 2 aromatic carbocycles. The summed E-state index contributed by atoms with van der Waals surface area (Å²) in [5.41, 5.74) is 4.19. The van der Waals surface area contributed by atoms with Crippen molar-refractivity contribution in [2.24, 2.45) is 0 Å². The number of hydrogen-bond acceptors (Lipinski definition) is 3. The highest BCUT2D eigenvalue weighted by Crippen LogP contribution is 2.21. The summed E-state index contributed by atoms with van der Waals surface area (Å²) in [5.74, 6) is -1.05. The van der Waals surface area contributed by atoms with E-state index >= 15 is 0 Å². The Hall–Kier alpha value is -2.44. The molecule has 0 aliphatic carbocycles. The maximum Gasteiger partial charge on any atom is 0.235 e. The SMILES string of the molecule is O=C(CCl)NCc1ccc(CNC(=O)Cc2ccc3c(c2)COC3)c(F)c1. The van der Waals surface area contributed by atoms with Gasteiger partial charge in [-0.1, -0.05) is 30.3 Å². The minimum absolute atomic E-state index is 0.104. The molecule has 0 fully saturated rings. The number of hydrogen-bond donors (Lipinski definition) is 2. The number of fused-ring (bicyclic) bond motifs is 1. The van der Waals surface area contributed by atoms with Crippen LogP contribution < -0.4 is 10.6 Å². The van der Waals surface area contributed by atoms with Gasteiger partial charge in [0.1, 0.15) is 11.7 Å². The third-order valence-electron chi connectivity index (χ3n) is 4.36. The van der Waals surface area contributed by atoms with Crippen molar-refractivity contribution >= 4 is 23.4 Å². The van der Waals surface area contributed by atoms with E-state index in [1.807, 2.05) is 18.2 Å². The van der Waals surface area contributed by atoms with Crippen LogP contribution in [0.15, 0.2) is 36.4 Å². The van der Waals surface area contributed by atoms with Crippen molar-refractivity contribution in [3.05, 3.63) is 70.0 Å². The average molecular weight is 391 g/mol. The molecular weight excluding hydrogens is 371 g/mol. The number of ether oxygens (including phenoxy) is 1. The number of amides is 2. The van der Waals surface area contributed by atoms with Gasteiger partial charge in [0.2, 0.25) is 11.8 Å². The number of rotatable bonds is 7. The summed E-state index contributed by atoms with van der Waals surface area (Å²) in [6, 6.07) is 10.5. The quantitative estimate of drug-likeness (QED) is 0.714. The number of alkyl halides is 1. The Balaban J connectivity index is 1.51. The van der Waals surface area contributed by atoms with Gasteiger partial charge in [-0.05, 0) is 28.3 Å². The first-order valence-corrected chi connectivity index (χ1v) is 9.13. The lowest BCUT2D eigenvalue weighted by Crippen LogP contribution is -2.25. The highest BCUT2D eigenvalue weighted by Gasteiger charge is 2.13. The summed E-state index contributed by atoms with van der Waals surface area (Å²) >= 11 is 5.40. The summed E-state index contributed by atoms with van der Waals surface area (Å²) in [6.45, 7) is 1.50. The molecule has 142 valence electrons. The van der Waals surface area contributed by atoms with E-state index in [0.717, 1.165) is 16.7 Å². The molecule has 0 unspecified atom stereocenters. The molecule has 1 heterocycles. The number of nitrogens with one attached hydrogen (secondary N) is 2. The molecule has 2 amide bonds. The van der Waals surface area contributed by atoms with Gasteiger partial charge in [-0.3, -0.25) is 9.59 Å². The minimum atomic E-state index is -0.428. The van der Waals surface area contributed by atoms with Gasteiger partial charge in [-0.15, -0.1) is 11.6 Å². The predicted molar refractivity (Wildman–Crippen MR) is 99.5 cm³/mol. The number of halogens is 2. The third kappa shape index (κ3) is 5.28. The molecule has 0 saturated heterocycles. The lowest BCUT2D eigenvalue weighted by Gasteiger charge is -2.09. The van der Waals surface area contributed by atoms with Gasteiger partial charge in [0.05, 0.1) is 19.6 Å². The van der Waals surface area contributed by atoms with E-state index < -0.39 is 5.82 Å². The molecule has 1 aliphatic rings. The zero-order valence-electron chi connectivity index (χ0n) is 14.7. The van der Waals surface area contributed by atoms with Gasteiger partial charge in [0.25, 0.3) is 0 Å². The van der Waals surface area contributed by atoms with Crippen molar-refractivity contribution in [3.63, 3.8) is 0 Å². The minimum Gasteiger partial charge on any atom is -0.372 e.